The van der Waals surface area contributed by atoms with Gasteiger partial charge < -0.3 is 10.1 Å². The van der Waals surface area contributed by atoms with Gasteiger partial charge in [0, 0.05) is 19.2 Å². The zero-order chi connectivity index (χ0) is 14.8. The van der Waals surface area contributed by atoms with Crippen LogP contribution in [-0.4, -0.2) is 18.8 Å². The van der Waals surface area contributed by atoms with E-state index in [1.165, 1.54) is 6.07 Å². The van der Waals surface area contributed by atoms with Gasteiger partial charge in [0.25, 0.3) is 0 Å². The maximum Gasteiger partial charge on any atom is 0.419 e. The van der Waals surface area contributed by atoms with Crippen LogP contribution in [0.15, 0.2) is 18.2 Å². The summed E-state index contributed by atoms with van der Waals surface area (Å²) in [4.78, 5) is 0. The zero-order valence-corrected chi connectivity index (χ0v) is 11.1. The number of rotatable bonds is 3. The highest BCUT2D eigenvalue weighted by Gasteiger charge is 2.34. The Bertz CT molecular complexity index is 461. The molecule has 0 bridgehead atoms. The Balaban J connectivity index is 1.99. The molecule has 1 saturated heterocycles. The summed E-state index contributed by atoms with van der Waals surface area (Å²) in [6.07, 6.45) is -2.85. The number of hydrogen-bond donors (Lipinski definition) is 1. The third kappa shape index (κ3) is 3.93. The Morgan fingerprint density at radius 2 is 2.10 bits per heavy atom. The van der Waals surface area contributed by atoms with Crippen molar-refractivity contribution in [2.75, 3.05) is 6.61 Å². The maximum atomic E-state index is 13.2. The Morgan fingerprint density at radius 1 is 1.35 bits per heavy atom. The molecule has 6 heteroatoms. The lowest BCUT2D eigenvalue weighted by molar-refractivity contribution is -0.140. The number of nitrogens with one attached hydrogen (secondary N) is 1. The normalized spacial score (nSPS) is 23.9. The predicted molar refractivity (Wildman–Crippen MR) is 66.7 cm³/mol. The van der Waals surface area contributed by atoms with Crippen LogP contribution in [-0.2, 0) is 17.5 Å². The second kappa shape index (κ2) is 6.10. The van der Waals surface area contributed by atoms with Crippen molar-refractivity contribution in [3.8, 4) is 0 Å². The average Bonchev–Trinajstić information content (AvgIpc) is 2.36. The molecule has 2 atom stereocenters. The Kier molecular flexibility index (Phi) is 4.65. The molecule has 1 fully saturated rings. The second-order valence-corrected chi connectivity index (χ2v) is 5.10. The first kappa shape index (κ1) is 15.3. The molecule has 20 heavy (non-hydrogen) atoms. The molecule has 112 valence electrons. The molecule has 0 radical (unpaired) electrons. The van der Waals surface area contributed by atoms with E-state index < -0.39 is 17.6 Å². The van der Waals surface area contributed by atoms with E-state index in [2.05, 4.69) is 5.32 Å². The van der Waals surface area contributed by atoms with Gasteiger partial charge in [0.15, 0.2) is 0 Å². The third-order valence-electron chi connectivity index (χ3n) is 3.42. The van der Waals surface area contributed by atoms with Crippen molar-refractivity contribution in [3.63, 3.8) is 0 Å². The third-order valence-corrected chi connectivity index (χ3v) is 3.42. The highest BCUT2D eigenvalue weighted by molar-refractivity contribution is 5.27. The molecule has 1 aliphatic heterocycles. The van der Waals surface area contributed by atoms with Crippen molar-refractivity contribution in [2.24, 2.45) is 0 Å². The first-order valence-corrected chi connectivity index (χ1v) is 6.57. The molecule has 1 aromatic carbocycles. The molecule has 1 N–H and O–H groups in total. The summed E-state index contributed by atoms with van der Waals surface area (Å²) in [5.74, 6) is -1.24. The molecular weight excluding hydrogens is 274 g/mol. The Morgan fingerprint density at radius 3 is 2.75 bits per heavy atom. The highest BCUT2D eigenvalue weighted by atomic mass is 19.4. The van der Waals surface area contributed by atoms with Crippen LogP contribution in [0, 0.1) is 5.82 Å². The number of benzene rings is 1. The lowest BCUT2D eigenvalue weighted by Gasteiger charge is -2.28. The molecular formula is C14H17F4NO. The van der Waals surface area contributed by atoms with Gasteiger partial charge in [-0.15, -0.1) is 0 Å². The quantitative estimate of drug-likeness (QED) is 0.861. The zero-order valence-electron chi connectivity index (χ0n) is 11.1. The summed E-state index contributed by atoms with van der Waals surface area (Å²) in [6, 6.07) is 3.33. The van der Waals surface area contributed by atoms with Crippen molar-refractivity contribution < 1.29 is 22.3 Å². The van der Waals surface area contributed by atoms with E-state index >= 15 is 0 Å². The van der Waals surface area contributed by atoms with Crippen LogP contribution >= 0.6 is 0 Å². The first-order valence-electron chi connectivity index (χ1n) is 6.57. The summed E-state index contributed by atoms with van der Waals surface area (Å²) in [5.41, 5.74) is -0.782. The van der Waals surface area contributed by atoms with Crippen molar-refractivity contribution in [2.45, 2.75) is 44.6 Å². The molecule has 0 aliphatic carbocycles. The topological polar surface area (TPSA) is 21.3 Å². The monoisotopic (exact) mass is 291 g/mol. The summed E-state index contributed by atoms with van der Waals surface area (Å²) in [6.45, 7) is 2.91. The Labute approximate surface area is 115 Å². The summed E-state index contributed by atoms with van der Waals surface area (Å²) >= 11 is 0. The molecule has 1 aliphatic rings. The van der Waals surface area contributed by atoms with Gasteiger partial charge in [0.05, 0.1) is 11.7 Å². The predicted octanol–water partition coefficient (Wildman–Crippen LogP) is 3.50. The van der Waals surface area contributed by atoms with Crippen LogP contribution in [0.1, 0.15) is 30.9 Å². The Hall–Kier alpha value is -1.14. The largest absolute Gasteiger partial charge is 0.419 e. The van der Waals surface area contributed by atoms with E-state index in [0.29, 0.717) is 18.7 Å². The van der Waals surface area contributed by atoms with E-state index in [9.17, 15) is 17.6 Å². The van der Waals surface area contributed by atoms with Gasteiger partial charge in [-0.25, -0.2) is 4.39 Å². The summed E-state index contributed by atoms with van der Waals surface area (Å²) in [5, 5.41) is 3.20. The number of alkyl halides is 3. The van der Waals surface area contributed by atoms with Gasteiger partial charge in [0.1, 0.15) is 5.82 Å². The van der Waals surface area contributed by atoms with Crippen LogP contribution in [0.5, 0.6) is 0 Å². The molecule has 0 saturated carbocycles. The molecule has 0 aromatic heterocycles. The van der Waals surface area contributed by atoms with Gasteiger partial charge in [-0.05, 0) is 37.5 Å². The van der Waals surface area contributed by atoms with Crippen LogP contribution in [0.3, 0.4) is 0 Å². The average molecular weight is 291 g/mol. The lowest BCUT2D eigenvalue weighted by atomic mass is 10.0. The van der Waals surface area contributed by atoms with Crippen LogP contribution in [0.4, 0.5) is 17.6 Å². The fourth-order valence-corrected chi connectivity index (χ4v) is 2.35. The molecule has 1 heterocycles. The molecule has 0 amide bonds. The van der Waals surface area contributed by atoms with Gasteiger partial charge in [0.2, 0.25) is 0 Å². The van der Waals surface area contributed by atoms with Gasteiger partial charge in [-0.2, -0.15) is 13.2 Å². The van der Waals surface area contributed by atoms with E-state index in [1.807, 2.05) is 6.92 Å². The van der Waals surface area contributed by atoms with Crippen molar-refractivity contribution >= 4 is 0 Å². The SMILES string of the molecule is CC1CC(NCc2ccc(F)c(C(F)(F)F)c2)CCO1. The van der Waals surface area contributed by atoms with E-state index in [0.717, 1.165) is 25.0 Å². The van der Waals surface area contributed by atoms with E-state index in [4.69, 9.17) is 4.74 Å². The molecule has 1 aromatic rings. The standard InChI is InChI=1S/C14H17F4NO/c1-9-6-11(4-5-20-9)19-8-10-2-3-13(15)12(7-10)14(16,17)18/h2-3,7,9,11,19H,4-6,8H2,1H3. The van der Waals surface area contributed by atoms with E-state index in [-0.39, 0.29) is 12.1 Å². The smallest absolute Gasteiger partial charge is 0.378 e. The van der Waals surface area contributed by atoms with Gasteiger partial charge >= 0.3 is 6.18 Å². The van der Waals surface area contributed by atoms with E-state index in [1.54, 1.807) is 0 Å². The fourth-order valence-electron chi connectivity index (χ4n) is 2.35. The number of hydrogen-bond acceptors (Lipinski definition) is 2. The molecule has 2 nitrogen and oxygen atoms in total. The van der Waals surface area contributed by atoms with Crippen molar-refractivity contribution in [1.29, 1.82) is 0 Å². The van der Waals surface area contributed by atoms with Crippen molar-refractivity contribution in [1.82, 2.24) is 5.32 Å². The van der Waals surface area contributed by atoms with Crippen LogP contribution in [0.25, 0.3) is 0 Å². The van der Waals surface area contributed by atoms with Gasteiger partial charge in [-0.3, -0.25) is 0 Å². The summed E-state index contributed by atoms with van der Waals surface area (Å²) < 4.78 is 56.3. The fraction of sp³-hybridized carbons (Fsp3) is 0.571. The minimum atomic E-state index is -4.66. The molecule has 0 spiro atoms. The van der Waals surface area contributed by atoms with Crippen LogP contribution < -0.4 is 5.32 Å². The number of ether oxygens (including phenoxy) is 1. The van der Waals surface area contributed by atoms with Crippen LogP contribution in [0.2, 0.25) is 0 Å². The number of halogens is 4. The molecule has 2 unspecified atom stereocenters. The first-order chi connectivity index (χ1) is 9.36. The molecule has 2 rings (SSSR count). The lowest BCUT2D eigenvalue weighted by Crippen LogP contribution is -2.37. The summed E-state index contributed by atoms with van der Waals surface area (Å²) in [7, 11) is 0. The minimum absolute atomic E-state index is 0.153. The maximum absolute atomic E-state index is 13.2. The second-order valence-electron chi connectivity index (χ2n) is 5.10. The van der Waals surface area contributed by atoms with Crippen molar-refractivity contribution in [3.05, 3.63) is 35.1 Å². The highest BCUT2D eigenvalue weighted by Crippen LogP contribution is 2.31. The minimum Gasteiger partial charge on any atom is -0.378 e. The van der Waals surface area contributed by atoms with Gasteiger partial charge in [-0.1, -0.05) is 6.07 Å².